The largest absolute Gasteiger partial charge is 0.288 e. The van der Waals surface area contributed by atoms with E-state index in [2.05, 4.69) is 0 Å². The van der Waals surface area contributed by atoms with Crippen molar-refractivity contribution in [3.63, 3.8) is 0 Å². The Bertz CT molecular complexity index is 768. The summed E-state index contributed by atoms with van der Waals surface area (Å²) in [5.41, 5.74) is 0.0973. The van der Waals surface area contributed by atoms with Gasteiger partial charge in [0, 0.05) is 16.8 Å². The number of rotatable bonds is 3. The van der Waals surface area contributed by atoms with Crippen LogP contribution in [0.1, 0.15) is 15.9 Å². The standard InChI is InChI=1S/C14H10ClFO3S/c1-20(18,19)11-5-2-9(3-6-11)14(17)12-7-4-10(15)8-13(12)16/h2-8H,1H3. The van der Waals surface area contributed by atoms with E-state index in [0.717, 1.165) is 12.3 Å². The molecule has 2 aromatic rings. The van der Waals surface area contributed by atoms with Gasteiger partial charge in [0.05, 0.1) is 10.5 Å². The lowest BCUT2D eigenvalue weighted by Gasteiger charge is -2.04. The lowest BCUT2D eigenvalue weighted by Crippen LogP contribution is -2.05. The van der Waals surface area contributed by atoms with E-state index >= 15 is 0 Å². The summed E-state index contributed by atoms with van der Waals surface area (Å²) in [5.74, 6) is -1.24. The van der Waals surface area contributed by atoms with Crippen molar-refractivity contribution in [3.8, 4) is 0 Å². The molecule has 0 aliphatic carbocycles. The molecule has 2 rings (SSSR count). The molecule has 0 spiro atoms. The maximum Gasteiger partial charge on any atom is 0.195 e. The molecule has 0 aliphatic heterocycles. The van der Waals surface area contributed by atoms with Crippen LogP contribution in [0, 0.1) is 5.82 Å². The summed E-state index contributed by atoms with van der Waals surface area (Å²) < 4.78 is 36.3. The summed E-state index contributed by atoms with van der Waals surface area (Å²) in [7, 11) is -3.33. The number of halogens is 2. The molecule has 0 unspecified atom stereocenters. The lowest BCUT2D eigenvalue weighted by molar-refractivity contribution is 0.103. The van der Waals surface area contributed by atoms with Crippen molar-refractivity contribution in [1.82, 2.24) is 0 Å². The number of hydrogen-bond acceptors (Lipinski definition) is 3. The SMILES string of the molecule is CS(=O)(=O)c1ccc(C(=O)c2ccc(Cl)cc2F)cc1. The second-order valence-electron chi connectivity index (χ2n) is 4.25. The van der Waals surface area contributed by atoms with E-state index in [1.807, 2.05) is 0 Å². The third-order valence-electron chi connectivity index (χ3n) is 2.72. The fourth-order valence-corrected chi connectivity index (χ4v) is 2.47. The third kappa shape index (κ3) is 3.05. The zero-order chi connectivity index (χ0) is 14.9. The van der Waals surface area contributed by atoms with Crippen molar-refractivity contribution in [2.45, 2.75) is 4.90 Å². The van der Waals surface area contributed by atoms with Crippen LogP contribution in [0.5, 0.6) is 0 Å². The Morgan fingerprint density at radius 1 is 1.10 bits per heavy atom. The molecule has 20 heavy (non-hydrogen) atoms. The summed E-state index contributed by atoms with van der Waals surface area (Å²) in [5, 5.41) is 0.200. The second-order valence-corrected chi connectivity index (χ2v) is 6.70. The summed E-state index contributed by atoms with van der Waals surface area (Å²) in [6.07, 6.45) is 1.07. The van der Waals surface area contributed by atoms with E-state index < -0.39 is 21.4 Å². The molecule has 0 heterocycles. The highest BCUT2D eigenvalue weighted by Gasteiger charge is 2.15. The Morgan fingerprint density at radius 3 is 2.20 bits per heavy atom. The van der Waals surface area contributed by atoms with Gasteiger partial charge in [0.25, 0.3) is 0 Å². The molecule has 0 aromatic heterocycles. The minimum atomic E-state index is -3.33. The van der Waals surface area contributed by atoms with Crippen molar-refractivity contribution in [1.29, 1.82) is 0 Å². The molecule has 0 N–H and O–H groups in total. The molecule has 0 saturated carbocycles. The first-order valence-electron chi connectivity index (χ1n) is 5.59. The van der Waals surface area contributed by atoms with Crippen LogP contribution >= 0.6 is 11.6 Å². The van der Waals surface area contributed by atoms with Crippen LogP contribution in [-0.4, -0.2) is 20.5 Å². The van der Waals surface area contributed by atoms with Gasteiger partial charge in [-0.25, -0.2) is 12.8 Å². The first-order chi connectivity index (χ1) is 9.29. The van der Waals surface area contributed by atoms with Gasteiger partial charge in [0.15, 0.2) is 15.6 Å². The quantitative estimate of drug-likeness (QED) is 0.818. The highest BCUT2D eigenvalue weighted by molar-refractivity contribution is 7.90. The number of carbonyl (C=O) groups excluding carboxylic acids is 1. The summed E-state index contributed by atoms with van der Waals surface area (Å²) in [6.45, 7) is 0. The van der Waals surface area contributed by atoms with Gasteiger partial charge in [-0.15, -0.1) is 0 Å². The Morgan fingerprint density at radius 2 is 1.70 bits per heavy atom. The van der Waals surface area contributed by atoms with Crippen LogP contribution in [0.25, 0.3) is 0 Å². The zero-order valence-electron chi connectivity index (χ0n) is 10.4. The molecule has 104 valence electrons. The normalized spacial score (nSPS) is 11.3. The number of carbonyl (C=O) groups is 1. The van der Waals surface area contributed by atoms with Gasteiger partial charge < -0.3 is 0 Å². The summed E-state index contributed by atoms with van der Waals surface area (Å²) in [6, 6.07) is 9.11. The fourth-order valence-electron chi connectivity index (χ4n) is 1.68. The minimum Gasteiger partial charge on any atom is -0.288 e. The van der Waals surface area contributed by atoms with E-state index in [4.69, 9.17) is 11.6 Å². The van der Waals surface area contributed by atoms with Crippen molar-refractivity contribution < 1.29 is 17.6 Å². The van der Waals surface area contributed by atoms with Crippen LogP contribution in [0.3, 0.4) is 0 Å². The molecule has 0 saturated heterocycles. The molecule has 3 nitrogen and oxygen atoms in total. The topological polar surface area (TPSA) is 51.2 Å². The maximum atomic E-state index is 13.7. The fraction of sp³-hybridized carbons (Fsp3) is 0.0714. The van der Waals surface area contributed by atoms with Gasteiger partial charge in [-0.3, -0.25) is 4.79 Å². The van der Waals surface area contributed by atoms with Gasteiger partial charge in [-0.05, 0) is 42.5 Å². The zero-order valence-corrected chi connectivity index (χ0v) is 12.0. The first kappa shape index (κ1) is 14.7. The molecule has 0 fully saturated rings. The molecule has 0 radical (unpaired) electrons. The first-order valence-corrected chi connectivity index (χ1v) is 7.86. The van der Waals surface area contributed by atoms with Gasteiger partial charge in [-0.1, -0.05) is 11.6 Å². The summed E-state index contributed by atoms with van der Waals surface area (Å²) >= 11 is 5.62. The van der Waals surface area contributed by atoms with Gasteiger partial charge in [0.2, 0.25) is 0 Å². The van der Waals surface area contributed by atoms with E-state index in [9.17, 15) is 17.6 Å². The number of ketones is 1. The number of sulfone groups is 1. The predicted molar refractivity (Wildman–Crippen MR) is 74.4 cm³/mol. The molecular weight excluding hydrogens is 303 g/mol. The Labute approximate surface area is 120 Å². The Hall–Kier alpha value is -1.72. The van der Waals surface area contributed by atoms with Crippen molar-refractivity contribution in [2.24, 2.45) is 0 Å². The van der Waals surface area contributed by atoms with E-state index in [0.29, 0.717) is 0 Å². The highest BCUT2D eigenvalue weighted by atomic mass is 35.5. The molecule has 0 atom stereocenters. The van der Waals surface area contributed by atoms with Gasteiger partial charge in [-0.2, -0.15) is 0 Å². The van der Waals surface area contributed by atoms with E-state index in [-0.39, 0.29) is 21.0 Å². The van der Waals surface area contributed by atoms with Crippen LogP contribution in [-0.2, 0) is 9.84 Å². The van der Waals surface area contributed by atoms with E-state index in [1.54, 1.807) is 0 Å². The smallest absolute Gasteiger partial charge is 0.195 e. The highest BCUT2D eigenvalue weighted by Crippen LogP contribution is 2.19. The Kier molecular flexibility index (Phi) is 3.92. The minimum absolute atomic E-state index is 0.102. The van der Waals surface area contributed by atoms with Crippen molar-refractivity contribution in [3.05, 3.63) is 64.4 Å². The predicted octanol–water partition coefficient (Wildman–Crippen LogP) is 3.11. The number of hydrogen-bond donors (Lipinski definition) is 0. The number of benzene rings is 2. The molecular formula is C14H10ClFO3S. The molecule has 0 amide bonds. The van der Waals surface area contributed by atoms with Crippen LogP contribution in [0.4, 0.5) is 4.39 Å². The van der Waals surface area contributed by atoms with Crippen LogP contribution < -0.4 is 0 Å². The van der Waals surface area contributed by atoms with Crippen LogP contribution in [0.15, 0.2) is 47.4 Å². The van der Waals surface area contributed by atoms with Gasteiger partial charge >= 0.3 is 0 Å². The lowest BCUT2D eigenvalue weighted by atomic mass is 10.0. The molecule has 6 heteroatoms. The summed E-state index contributed by atoms with van der Waals surface area (Å²) in [4.78, 5) is 12.2. The Balaban J connectivity index is 2.39. The van der Waals surface area contributed by atoms with Crippen molar-refractivity contribution >= 4 is 27.2 Å². The third-order valence-corrected chi connectivity index (χ3v) is 4.08. The second kappa shape index (κ2) is 5.34. The molecule has 0 aliphatic rings. The monoisotopic (exact) mass is 312 g/mol. The van der Waals surface area contributed by atoms with Crippen LogP contribution in [0.2, 0.25) is 5.02 Å². The maximum absolute atomic E-state index is 13.7. The van der Waals surface area contributed by atoms with Gasteiger partial charge in [0.1, 0.15) is 5.82 Å². The average molecular weight is 313 g/mol. The van der Waals surface area contributed by atoms with E-state index in [1.165, 1.54) is 36.4 Å². The van der Waals surface area contributed by atoms with Crippen molar-refractivity contribution in [2.75, 3.05) is 6.26 Å². The molecule has 0 bridgehead atoms. The molecule has 2 aromatic carbocycles. The average Bonchev–Trinajstić information content (AvgIpc) is 2.37.